The van der Waals surface area contributed by atoms with Gasteiger partial charge in [-0.25, -0.2) is 0 Å². The topological polar surface area (TPSA) is 41.1 Å². The average molecular weight is 309 g/mol. The molecule has 1 fully saturated rings. The van der Waals surface area contributed by atoms with Crippen LogP contribution in [0.25, 0.3) is 6.08 Å². The Morgan fingerprint density at radius 2 is 1.90 bits per heavy atom. The SMILES string of the molecule is O=C(/C=C/c1ccc(Cl)cc1)NC(=S)NC1CCCC1. The number of hydrogen-bond donors (Lipinski definition) is 2. The monoisotopic (exact) mass is 308 g/mol. The van der Waals surface area contributed by atoms with E-state index < -0.39 is 0 Å². The van der Waals surface area contributed by atoms with Gasteiger partial charge < -0.3 is 5.32 Å². The van der Waals surface area contributed by atoms with Crippen LogP contribution in [0.3, 0.4) is 0 Å². The maximum absolute atomic E-state index is 11.7. The number of amides is 1. The number of carbonyl (C=O) groups excluding carboxylic acids is 1. The lowest BCUT2D eigenvalue weighted by atomic mass is 10.2. The number of hydrogen-bond acceptors (Lipinski definition) is 2. The minimum Gasteiger partial charge on any atom is -0.360 e. The van der Waals surface area contributed by atoms with Gasteiger partial charge >= 0.3 is 0 Å². The Morgan fingerprint density at radius 1 is 1.25 bits per heavy atom. The molecule has 2 N–H and O–H groups in total. The first-order valence-corrected chi connectivity index (χ1v) is 7.47. The first-order valence-electron chi connectivity index (χ1n) is 6.68. The predicted octanol–water partition coefficient (Wildman–Crippen LogP) is 3.29. The lowest BCUT2D eigenvalue weighted by Crippen LogP contribution is -2.42. The van der Waals surface area contributed by atoms with Crippen molar-refractivity contribution in [3.8, 4) is 0 Å². The van der Waals surface area contributed by atoms with E-state index in [0.717, 1.165) is 18.4 Å². The number of rotatable bonds is 3. The Hall–Kier alpha value is -1.39. The molecule has 1 saturated carbocycles. The highest BCUT2D eigenvalue weighted by Gasteiger charge is 2.15. The first kappa shape index (κ1) is 15.0. The fourth-order valence-corrected chi connectivity index (χ4v) is 2.58. The maximum atomic E-state index is 11.7. The van der Waals surface area contributed by atoms with Crippen LogP contribution in [0.4, 0.5) is 0 Å². The average Bonchev–Trinajstić information content (AvgIpc) is 2.90. The van der Waals surface area contributed by atoms with Gasteiger partial charge in [0, 0.05) is 17.1 Å². The van der Waals surface area contributed by atoms with Crippen LogP contribution in [0.5, 0.6) is 0 Å². The highest BCUT2D eigenvalue weighted by Crippen LogP contribution is 2.17. The van der Waals surface area contributed by atoms with E-state index in [9.17, 15) is 4.79 Å². The zero-order valence-corrected chi connectivity index (χ0v) is 12.6. The Kier molecular flexibility index (Phi) is 5.56. The van der Waals surface area contributed by atoms with Gasteiger partial charge in [0.15, 0.2) is 5.11 Å². The molecule has 1 aliphatic rings. The quantitative estimate of drug-likeness (QED) is 0.665. The van der Waals surface area contributed by atoms with Crippen LogP contribution in [0, 0.1) is 0 Å². The van der Waals surface area contributed by atoms with Gasteiger partial charge in [0.05, 0.1) is 0 Å². The molecule has 106 valence electrons. The summed E-state index contributed by atoms with van der Waals surface area (Å²) in [5.41, 5.74) is 0.916. The van der Waals surface area contributed by atoms with Crippen LogP contribution in [-0.2, 0) is 4.79 Å². The van der Waals surface area contributed by atoms with E-state index in [1.54, 1.807) is 18.2 Å². The predicted molar refractivity (Wildman–Crippen MR) is 86.6 cm³/mol. The van der Waals surface area contributed by atoms with Crippen molar-refractivity contribution in [2.45, 2.75) is 31.7 Å². The molecule has 0 aliphatic heterocycles. The summed E-state index contributed by atoms with van der Waals surface area (Å²) in [5, 5.41) is 6.90. The molecule has 0 saturated heterocycles. The Labute approximate surface area is 129 Å². The maximum Gasteiger partial charge on any atom is 0.250 e. The Bertz CT molecular complexity index is 507. The van der Waals surface area contributed by atoms with E-state index in [4.69, 9.17) is 23.8 Å². The summed E-state index contributed by atoms with van der Waals surface area (Å²) < 4.78 is 0. The van der Waals surface area contributed by atoms with E-state index >= 15 is 0 Å². The second-order valence-corrected chi connectivity index (χ2v) is 5.67. The molecule has 1 amide bonds. The summed E-state index contributed by atoms with van der Waals surface area (Å²) in [6, 6.07) is 7.67. The molecule has 20 heavy (non-hydrogen) atoms. The number of carbonyl (C=O) groups is 1. The summed E-state index contributed by atoms with van der Waals surface area (Å²) in [6.07, 6.45) is 7.89. The van der Waals surface area contributed by atoms with Crippen LogP contribution < -0.4 is 10.6 Å². The second-order valence-electron chi connectivity index (χ2n) is 4.83. The summed E-state index contributed by atoms with van der Waals surface area (Å²) in [6.45, 7) is 0. The highest BCUT2D eigenvalue weighted by molar-refractivity contribution is 7.80. The summed E-state index contributed by atoms with van der Waals surface area (Å²) in [5.74, 6) is -0.226. The van der Waals surface area contributed by atoms with E-state index in [1.807, 2.05) is 12.1 Å². The third-order valence-electron chi connectivity index (χ3n) is 3.22. The molecule has 0 radical (unpaired) electrons. The molecule has 0 aromatic heterocycles. The van der Waals surface area contributed by atoms with Gasteiger partial charge in [-0.1, -0.05) is 36.6 Å². The van der Waals surface area contributed by atoms with E-state index in [2.05, 4.69) is 10.6 Å². The van der Waals surface area contributed by atoms with Crippen LogP contribution in [-0.4, -0.2) is 17.1 Å². The smallest absolute Gasteiger partial charge is 0.250 e. The zero-order valence-electron chi connectivity index (χ0n) is 11.1. The third-order valence-corrected chi connectivity index (χ3v) is 3.70. The Balaban J connectivity index is 1.79. The van der Waals surface area contributed by atoms with Crippen LogP contribution in [0.1, 0.15) is 31.2 Å². The van der Waals surface area contributed by atoms with Crippen molar-refractivity contribution >= 4 is 40.9 Å². The molecule has 0 spiro atoms. The molecule has 1 aromatic carbocycles. The van der Waals surface area contributed by atoms with Crippen molar-refractivity contribution in [3.63, 3.8) is 0 Å². The van der Waals surface area contributed by atoms with Crippen LogP contribution in [0.15, 0.2) is 30.3 Å². The number of nitrogens with one attached hydrogen (secondary N) is 2. The van der Waals surface area contributed by atoms with Gasteiger partial charge in [0.1, 0.15) is 0 Å². The number of benzene rings is 1. The zero-order chi connectivity index (χ0) is 14.4. The first-order chi connectivity index (χ1) is 9.63. The van der Waals surface area contributed by atoms with Gasteiger partial charge in [-0.15, -0.1) is 0 Å². The summed E-state index contributed by atoms with van der Waals surface area (Å²) >= 11 is 10.9. The van der Waals surface area contributed by atoms with Crippen molar-refractivity contribution < 1.29 is 4.79 Å². The molecule has 0 unspecified atom stereocenters. The molecule has 5 heteroatoms. The van der Waals surface area contributed by atoms with E-state index in [-0.39, 0.29) is 5.91 Å². The number of halogens is 1. The van der Waals surface area contributed by atoms with Crippen LogP contribution in [0.2, 0.25) is 5.02 Å². The molecule has 3 nitrogen and oxygen atoms in total. The van der Waals surface area contributed by atoms with Gasteiger partial charge in [-0.3, -0.25) is 10.1 Å². The van der Waals surface area contributed by atoms with Crippen molar-refractivity contribution in [1.29, 1.82) is 0 Å². The second kappa shape index (κ2) is 7.41. The minimum atomic E-state index is -0.226. The highest BCUT2D eigenvalue weighted by atomic mass is 35.5. The van der Waals surface area contributed by atoms with Crippen LogP contribution >= 0.6 is 23.8 Å². The summed E-state index contributed by atoms with van der Waals surface area (Å²) in [7, 11) is 0. The standard InChI is InChI=1S/C15H17ClN2OS/c16-12-8-5-11(6-9-12)7-10-14(19)18-15(20)17-13-3-1-2-4-13/h5-10,13H,1-4H2,(H2,17,18,19,20)/b10-7+. The third kappa shape index (κ3) is 4.94. The molecule has 0 atom stereocenters. The molecular weight excluding hydrogens is 292 g/mol. The van der Waals surface area contributed by atoms with Crippen molar-refractivity contribution in [2.24, 2.45) is 0 Å². The molecule has 1 aliphatic carbocycles. The molecule has 1 aromatic rings. The molecular formula is C15H17ClN2OS. The largest absolute Gasteiger partial charge is 0.360 e. The molecule has 0 heterocycles. The van der Waals surface area contributed by atoms with Crippen molar-refractivity contribution in [3.05, 3.63) is 40.9 Å². The lowest BCUT2D eigenvalue weighted by Gasteiger charge is -2.13. The fraction of sp³-hybridized carbons (Fsp3) is 0.333. The normalized spacial score (nSPS) is 15.4. The van der Waals surface area contributed by atoms with Crippen molar-refractivity contribution in [1.82, 2.24) is 10.6 Å². The Morgan fingerprint density at radius 3 is 2.55 bits per heavy atom. The lowest BCUT2D eigenvalue weighted by molar-refractivity contribution is -0.115. The van der Waals surface area contributed by atoms with Crippen molar-refractivity contribution in [2.75, 3.05) is 0 Å². The fourth-order valence-electron chi connectivity index (χ4n) is 2.19. The van der Waals surface area contributed by atoms with Gasteiger partial charge in [0.2, 0.25) is 5.91 Å². The van der Waals surface area contributed by atoms with Gasteiger partial charge in [-0.2, -0.15) is 0 Å². The summed E-state index contributed by atoms with van der Waals surface area (Å²) in [4.78, 5) is 11.7. The van der Waals surface area contributed by atoms with Gasteiger partial charge in [0.25, 0.3) is 0 Å². The van der Waals surface area contributed by atoms with Gasteiger partial charge in [-0.05, 0) is 48.8 Å². The molecule has 2 rings (SSSR count). The van der Waals surface area contributed by atoms with E-state index in [1.165, 1.54) is 18.9 Å². The number of thiocarbonyl (C=S) groups is 1. The minimum absolute atomic E-state index is 0.226. The van der Waals surface area contributed by atoms with E-state index in [0.29, 0.717) is 16.2 Å². The molecule has 0 bridgehead atoms.